The average Bonchev–Trinajstić information content (AvgIpc) is 4.18. The number of nitrogens with zero attached hydrogens (tertiary/aromatic N) is 12. The van der Waals surface area contributed by atoms with E-state index in [1.54, 1.807) is 31.0 Å². The second-order valence-electron chi connectivity index (χ2n) is 19.9. The fourth-order valence-corrected chi connectivity index (χ4v) is 9.07. The summed E-state index contributed by atoms with van der Waals surface area (Å²) < 4.78 is 12.9. The Kier molecular flexibility index (Phi) is 12.1. The molecule has 0 saturated heterocycles. The molecule has 0 unspecified atom stereocenters. The van der Waals surface area contributed by atoms with E-state index in [0.29, 0.717) is 65.6 Å². The number of hydrogen-bond donors (Lipinski definition) is 2. The molecule has 0 bridgehead atoms. The molecule has 366 valence electrons. The molecule has 4 aromatic carbocycles. The maximum absolute atomic E-state index is 14.0. The predicted octanol–water partition coefficient (Wildman–Crippen LogP) is 7.65. The Bertz CT molecular complexity index is 3880. The standard InChI is InChI=1S/C54H56N14O4/c1-34(2)28-65-48-43(50(69)62(7)52(65)71)47(68(59-48)30-36-19-23-41(24-20-36)64-26-25-55-33-64)57-40-16-12-13-38(27-40)42-31-61(6)45(58-42)37-21-17-35(18-22-37)29-67-46(56-39-14-10-9-11-15-39)44-49(60-67)66(32-54(3,4)5)53(72)63(8)51(44)70/h9-27,31,33-34,56-57H,28-30,32H2,1-8H3. The number of para-hydroxylation sites is 1. The number of fused-ring (bicyclic) bond motifs is 2. The van der Waals surface area contributed by atoms with E-state index in [2.05, 4.69) is 15.6 Å². The van der Waals surface area contributed by atoms with E-state index in [-0.39, 0.29) is 11.3 Å². The third kappa shape index (κ3) is 8.98. The van der Waals surface area contributed by atoms with Crippen LogP contribution in [0.5, 0.6) is 0 Å². The van der Waals surface area contributed by atoms with Crippen LogP contribution in [0.2, 0.25) is 0 Å². The number of nitrogens with one attached hydrogen (secondary N) is 2. The minimum absolute atomic E-state index is 0.122. The molecule has 0 fully saturated rings. The minimum Gasteiger partial charge on any atom is -0.340 e. The smallest absolute Gasteiger partial charge is 0.332 e. The third-order valence-electron chi connectivity index (χ3n) is 12.6. The molecule has 2 N–H and O–H groups in total. The van der Waals surface area contributed by atoms with Crippen LogP contribution < -0.4 is 33.1 Å². The first-order valence-electron chi connectivity index (χ1n) is 23.8. The molecular formula is C54H56N14O4. The third-order valence-corrected chi connectivity index (χ3v) is 12.6. The number of aryl methyl sites for hydroxylation is 1. The highest BCUT2D eigenvalue weighted by atomic mass is 16.2. The van der Waals surface area contributed by atoms with Crippen LogP contribution in [0.3, 0.4) is 0 Å². The van der Waals surface area contributed by atoms with Crippen LogP contribution in [0.25, 0.3) is 50.4 Å². The summed E-state index contributed by atoms with van der Waals surface area (Å²) >= 11 is 0. The summed E-state index contributed by atoms with van der Waals surface area (Å²) in [5.41, 5.74) is 5.47. The van der Waals surface area contributed by atoms with Gasteiger partial charge in [0.05, 0.1) is 25.1 Å². The van der Waals surface area contributed by atoms with Crippen LogP contribution in [-0.2, 0) is 47.3 Å². The summed E-state index contributed by atoms with van der Waals surface area (Å²) in [7, 11) is 4.96. The van der Waals surface area contributed by atoms with Crippen LogP contribution in [0.4, 0.5) is 23.0 Å². The van der Waals surface area contributed by atoms with Gasteiger partial charge in [-0.3, -0.25) is 27.9 Å². The molecule has 6 aromatic heterocycles. The number of benzene rings is 4. The van der Waals surface area contributed by atoms with Gasteiger partial charge in [-0.2, -0.15) is 10.2 Å². The zero-order valence-electron chi connectivity index (χ0n) is 41.5. The quantitative estimate of drug-likeness (QED) is 0.110. The molecule has 0 saturated carbocycles. The summed E-state index contributed by atoms with van der Waals surface area (Å²) in [6.45, 7) is 11.6. The van der Waals surface area contributed by atoms with Crippen molar-refractivity contribution < 1.29 is 0 Å². The molecule has 0 spiro atoms. The highest BCUT2D eigenvalue weighted by Crippen LogP contribution is 2.31. The molecule has 72 heavy (non-hydrogen) atoms. The van der Waals surface area contributed by atoms with Crippen LogP contribution in [0.15, 0.2) is 147 Å². The summed E-state index contributed by atoms with van der Waals surface area (Å²) in [5.74, 6) is 1.83. The number of imidazole rings is 2. The van der Waals surface area contributed by atoms with E-state index in [1.807, 2.05) is 166 Å². The molecule has 0 amide bonds. The van der Waals surface area contributed by atoms with E-state index in [0.717, 1.165) is 54.3 Å². The monoisotopic (exact) mass is 964 g/mol. The number of rotatable bonds is 14. The van der Waals surface area contributed by atoms with Crippen molar-refractivity contribution in [2.24, 2.45) is 32.5 Å². The van der Waals surface area contributed by atoms with Gasteiger partial charge in [-0.05, 0) is 58.9 Å². The van der Waals surface area contributed by atoms with Crippen molar-refractivity contribution in [2.45, 2.75) is 60.8 Å². The van der Waals surface area contributed by atoms with Crippen molar-refractivity contribution in [2.75, 3.05) is 10.6 Å². The zero-order chi connectivity index (χ0) is 50.6. The van der Waals surface area contributed by atoms with Crippen molar-refractivity contribution in [1.82, 2.24) is 56.9 Å². The summed E-state index contributed by atoms with van der Waals surface area (Å²) in [6.07, 6.45) is 7.33. The van der Waals surface area contributed by atoms with Crippen LogP contribution >= 0.6 is 0 Å². The molecule has 0 aliphatic rings. The van der Waals surface area contributed by atoms with E-state index in [9.17, 15) is 19.2 Å². The molecular weight excluding hydrogens is 909 g/mol. The van der Waals surface area contributed by atoms with E-state index < -0.39 is 22.5 Å². The largest absolute Gasteiger partial charge is 0.340 e. The van der Waals surface area contributed by atoms with Gasteiger partial charge in [0, 0.05) is 81.0 Å². The van der Waals surface area contributed by atoms with Gasteiger partial charge in [-0.15, -0.1) is 0 Å². The van der Waals surface area contributed by atoms with Gasteiger partial charge in [0.25, 0.3) is 11.1 Å². The molecule has 0 atom stereocenters. The molecule has 6 heterocycles. The Morgan fingerprint density at radius 3 is 1.79 bits per heavy atom. The fourth-order valence-electron chi connectivity index (χ4n) is 9.07. The molecule has 0 aliphatic heterocycles. The fraction of sp³-hybridized carbons (Fsp3) is 0.259. The van der Waals surface area contributed by atoms with E-state index in [1.165, 1.54) is 14.1 Å². The first-order valence-corrected chi connectivity index (χ1v) is 23.8. The van der Waals surface area contributed by atoms with Gasteiger partial charge < -0.3 is 19.8 Å². The first-order chi connectivity index (χ1) is 34.5. The van der Waals surface area contributed by atoms with Gasteiger partial charge in [0.1, 0.15) is 28.2 Å². The molecule has 0 aliphatic carbocycles. The Balaban J connectivity index is 0.960. The summed E-state index contributed by atoms with van der Waals surface area (Å²) in [4.78, 5) is 64.2. The Morgan fingerprint density at radius 2 is 1.21 bits per heavy atom. The van der Waals surface area contributed by atoms with Crippen LogP contribution in [0, 0.1) is 11.3 Å². The van der Waals surface area contributed by atoms with Gasteiger partial charge in [0.15, 0.2) is 11.3 Å². The number of aromatic nitrogens is 12. The second-order valence-corrected chi connectivity index (χ2v) is 19.9. The van der Waals surface area contributed by atoms with Gasteiger partial charge >= 0.3 is 11.4 Å². The molecule has 18 heteroatoms. The summed E-state index contributed by atoms with van der Waals surface area (Å²) in [5, 5.41) is 17.5. The number of hydrogen-bond acceptors (Lipinski definition) is 10. The van der Waals surface area contributed by atoms with Crippen LogP contribution in [-0.4, -0.2) is 56.9 Å². The highest BCUT2D eigenvalue weighted by molar-refractivity contribution is 5.90. The van der Waals surface area contributed by atoms with Crippen molar-refractivity contribution >= 4 is 45.1 Å². The van der Waals surface area contributed by atoms with Gasteiger partial charge in [-0.25, -0.2) is 28.9 Å². The van der Waals surface area contributed by atoms with E-state index in [4.69, 9.17) is 15.2 Å². The lowest BCUT2D eigenvalue weighted by atomic mass is 9.97. The maximum atomic E-state index is 14.0. The van der Waals surface area contributed by atoms with Gasteiger partial charge in [0.2, 0.25) is 0 Å². The highest BCUT2D eigenvalue weighted by Gasteiger charge is 2.26. The second kappa shape index (κ2) is 18.5. The number of anilines is 4. The summed E-state index contributed by atoms with van der Waals surface area (Å²) in [6, 6.07) is 33.5. The average molecular weight is 965 g/mol. The predicted molar refractivity (Wildman–Crippen MR) is 282 cm³/mol. The lowest BCUT2D eigenvalue weighted by Crippen LogP contribution is -2.40. The topological polar surface area (TPSA) is 183 Å². The van der Waals surface area contributed by atoms with Crippen LogP contribution in [0.1, 0.15) is 45.7 Å². The SMILES string of the molecule is CC(C)Cn1c(=O)n(C)c(=O)c2c(Nc3cccc(-c4cn(C)c(-c5ccc(Cn6nc7c(c6Nc6ccccc6)c(=O)n(C)c(=O)n7CC(C)(C)C)cc5)n4)c3)n(Cc3ccc(-n4ccnc4)cc3)nc21. The molecule has 0 radical (unpaired) electrons. The normalized spacial score (nSPS) is 11.9. The first kappa shape index (κ1) is 46.9. The van der Waals surface area contributed by atoms with Crippen molar-refractivity contribution in [3.05, 3.63) is 181 Å². The van der Waals surface area contributed by atoms with Crippen molar-refractivity contribution in [3.63, 3.8) is 0 Å². The van der Waals surface area contributed by atoms with Crippen molar-refractivity contribution in [1.29, 1.82) is 0 Å². The minimum atomic E-state index is -0.439. The van der Waals surface area contributed by atoms with Crippen molar-refractivity contribution in [3.8, 4) is 28.3 Å². The maximum Gasteiger partial charge on any atom is 0.332 e. The molecule has 18 nitrogen and oxygen atoms in total. The molecule has 10 rings (SSSR count). The van der Waals surface area contributed by atoms with E-state index >= 15 is 0 Å². The van der Waals surface area contributed by atoms with Gasteiger partial charge in [-0.1, -0.05) is 101 Å². The lowest BCUT2D eigenvalue weighted by Gasteiger charge is -2.20. The Morgan fingerprint density at radius 1 is 0.639 bits per heavy atom. The zero-order valence-corrected chi connectivity index (χ0v) is 41.5. The molecule has 10 aromatic rings. The Labute approximate surface area is 413 Å². The Hall–Kier alpha value is -8.80. The lowest BCUT2D eigenvalue weighted by molar-refractivity contribution is 0.337.